The van der Waals surface area contributed by atoms with Gasteiger partial charge in [-0.05, 0) is 24.3 Å². The zero-order valence-electron chi connectivity index (χ0n) is 11.2. The Morgan fingerprint density at radius 3 is 2.67 bits per heavy atom. The van der Waals surface area contributed by atoms with E-state index in [0.717, 1.165) is 6.07 Å². The summed E-state index contributed by atoms with van der Waals surface area (Å²) in [5.41, 5.74) is 5.42. The molecule has 0 aromatic heterocycles. The van der Waals surface area contributed by atoms with Gasteiger partial charge in [-0.3, -0.25) is 0 Å². The van der Waals surface area contributed by atoms with Gasteiger partial charge in [0, 0.05) is 5.56 Å². The molecule has 0 spiro atoms. The van der Waals surface area contributed by atoms with E-state index >= 15 is 0 Å². The summed E-state index contributed by atoms with van der Waals surface area (Å²) in [6.07, 6.45) is 0. The molecule has 0 aliphatic carbocycles. The second kappa shape index (κ2) is 6.21. The van der Waals surface area contributed by atoms with Crippen molar-refractivity contribution in [3.63, 3.8) is 0 Å². The fraction of sp³-hybridized carbons (Fsp3) is 0.133. The number of rotatable bonds is 4. The molecule has 0 unspecified atom stereocenters. The third kappa shape index (κ3) is 3.28. The minimum absolute atomic E-state index is 0.00463. The summed E-state index contributed by atoms with van der Waals surface area (Å²) in [5.74, 6) is -2.02. The lowest BCUT2D eigenvalue weighted by Crippen LogP contribution is -2.07. The summed E-state index contributed by atoms with van der Waals surface area (Å²) in [4.78, 5) is 11.8. The van der Waals surface area contributed by atoms with Crippen molar-refractivity contribution in [2.24, 2.45) is 0 Å². The number of hydrogen-bond acceptors (Lipinski definition) is 4. The highest BCUT2D eigenvalue weighted by molar-refractivity contribution is 5.89. The Kier molecular flexibility index (Phi) is 4.37. The lowest BCUT2D eigenvalue weighted by molar-refractivity contribution is 0.0468. The van der Waals surface area contributed by atoms with Crippen LogP contribution in [0.2, 0.25) is 0 Å². The number of esters is 1. The Hall–Kier alpha value is -2.63. The molecule has 0 aliphatic rings. The van der Waals surface area contributed by atoms with Crippen molar-refractivity contribution in [1.29, 1.82) is 0 Å². The summed E-state index contributed by atoms with van der Waals surface area (Å²) < 4.78 is 36.9. The van der Waals surface area contributed by atoms with Gasteiger partial charge in [-0.2, -0.15) is 0 Å². The van der Waals surface area contributed by atoms with Gasteiger partial charge < -0.3 is 15.2 Å². The maximum absolute atomic E-state index is 13.8. The molecule has 0 atom stereocenters. The van der Waals surface area contributed by atoms with Crippen molar-refractivity contribution in [3.05, 3.63) is 59.2 Å². The predicted molar refractivity (Wildman–Crippen MR) is 72.9 cm³/mol. The first-order valence-corrected chi connectivity index (χ1v) is 6.06. The maximum Gasteiger partial charge on any atom is 0.338 e. The first kappa shape index (κ1) is 14.8. The second-order valence-corrected chi connectivity index (χ2v) is 4.25. The highest BCUT2D eigenvalue weighted by Crippen LogP contribution is 2.21. The number of benzene rings is 2. The monoisotopic (exact) mass is 293 g/mol. The lowest BCUT2D eigenvalue weighted by atomic mass is 10.2. The van der Waals surface area contributed by atoms with E-state index < -0.39 is 17.6 Å². The molecule has 0 amide bonds. The van der Waals surface area contributed by atoms with E-state index in [9.17, 15) is 13.6 Å². The van der Waals surface area contributed by atoms with Crippen LogP contribution in [-0.2, 0) is 11.3 Å². The van der Waals surface area contributed by atoms with Gasteiger partial charge in [0.05, 0.1) is 18.4 Å². The number of carbonyl (C=O) groups excluding carboxylic acids is 1. The summed E-state index contributed by atoms with van der Waals surface area (Å²) in [5, 5.41) is 0. The fourth-order valence-corrected chi connectivity index (χ4v) is 1.71. The van der Waals surface area contributed by atoms with Crippen molar-refractivity contribution in [1.82, 2.24) is 0 Å². The lowest BCUT2D eigenvalue weighted by Gasteiger charge is -2.08. The number of nitrogens with two attached hydrogens (primary N) is 1. The Morgan fingerprint density at radius 1 is 1.24 bits per heavy atom. The minimum atomic E-state index is -0.767. The maximum atomic E-state index is 13.8. The van der Waals surface area contributed by atoms with Crippen molar-refractivity contribution < 1.29 is 23.0 Å². The quantitative estimate of drug-likeness (QED) is 0.695. The molecule has 2 N–H and O–H groups in total. The average molecular weight is 293 g/mol. The first-order chi connectivity index (χ1) is 10.0. The second-order valence-electron chi connectivity index (χ2n) is 4.25. The Morgan fingerprint density at radius 2 is 2.00 bits per heavy atom. The Balaban J connectivity index is 2.09. The molecule has 4 nitrogen and oxygen atoms in total. The smallest absolute Gasteiger partial charge is 0.338 e. The van der Waals surface area contributed by atoms with Gasteiger partial charge >= 0.3 is 5.97 Å². The molecule has 2 aromatic rings. The van der Waals surface area contributed by atoms with Crippen molar-refractivity contribution in [2.75, 3.05) is 12.8 Å². The Bertz CT molecular complexity index is 674. The summed E-state index contributed by atoms with van der Waals surface area (Å²) in [7, 11) is 1.34. The van der Waals surface area contributed by atoms with Gasteiger partial charge in [-0.1, -0.05) is 12.1 Å². The third-order valence-electron chi connectivity index (χ3n) is 2.86. The summed E-state index contributed by atoms with van der Waals surface area (Å²) in [6, 6.07) is 8.07. The highest BCUT2D eigenvalue weighted by atomic mass is 19.1. The van der Waals surface area contributed by atoms with Crippen LogP contribution < -0.4 is 10.5 Å². The third-order valence-corrected chi connectivity index (χ3v) is 2.86. The van der Waals surface area contributed by atoms with Gasteiger partial charge in [0.15, 0.2) is 11.6 Å². The molecule has 2 aromatic carbocycles. The minimum Gasteiger partial charge on any atom is -0.494 e. The van der Waals surface area contributed by atoms with Crippen LogP contribution in [0.5, 0.6) is 5.75 Å². The van der Waals surface area contributed by atoms with E-state index in [4.69, 9.17) is 15.2 Å². The van der Waals surface area contributed by atoms with Crippen LogP contribution in [0.1, 0.15) is 15.9 Å². The number of nitrogen functional groups attached to an aromatic ring is 1. The highest BCUT2D eigenvalue weighted by Gasteiger charge is 2.13. The molecule has 0 saturated carbocycles. The van der Waals surface area contributed by atoms with E-state index in [0.29, 0.717) is 0 Å². The molecule has 0 heterocycles. The number of methoxy groups -OCH3 is 1. The molecule has 0 bridgehead atoms. The topological polar surface area (TPSA) is 61.5 Å². The normalized spacial score (nSPS) is 10.2. The van der Waals surface area contributed by atoms with Crippen LogP contribution in [0.25, 0.3) is 0 Å². The molecule has 0 radical (unpaired) electrons. The van der Waals surface area contributed by atoms with E-state index in [2.05, 4.69) is 0 Å². The Labute approximate surface area is 120 Å². The van der Waals surface area contributed by atoms with Gasteiger partial charge in [0.25, 0.3) is 0 Å². The van der Waals surface area contributed by atoms with Gasteiger partial charge in [-0.15, -0.1) is 0 Å². The first-order valence-electron chi connectivity index (χ1n) is 6.06. The number of carbonyl (C=O) groups is 1. The van der Waals surface area contributed by atoms with Gasteiger partial charge in [-0.25, -0.2) is 13.6 Å². The molecule has 21 heavy (non-hydrogen) atoms. The molecule has 0 saturated heterocycles. The van der Waals surface area contributed by atoms with Crippen LogP contribution in [-0.4, -0.2) is 13.1 Å². The fourth-order valence-electron chi connectivity index (χ4n) is 1.71. The van der Waals surface area contributed by atoms with Gasteiger partial charge in [0.2, 0.25) is 0 Å². The summed E-state index contributed by atoms with van der Waals surface area (Å²) in [6.45, 7) is -0.284. The van der Waals surface area contributed by atoms with Crippen molar-refractivity contribution in [2.45, 2.75) is 6.61 Å². The van der Waals surface area contributed by atoms with Crippen LogP contribution in [0.15, 0.2) is 36.4 Å². The zero-order valence-corrected chi connectivity index (χ0v) is 11.2. The molecular formula is C15H13F2NO3. The molecule has 2 rings (SSSR count). The number of anilines is 1. The van der Waals surface area contributed by atoms with Crippen molar-refractivity contribution in [3.8, 4) is 5.75 Å². The molecule has 0 aliphatic heterocycles. The molecular weight excluding hydrogens is 280 g/mol. The zero-order chi connectivity index (χ0) is 15.4. The van der Waals surface area contributed by atoms with Crippen LogP contribution in [0, 0.1) is 11.6 Å². The number of halogens is 2. The van der Waals surface area contributed by atoms with Crippen LogP contribution in [0.4, 0.5) is 14.5 Å². The number of ether oxygens (including phenoxy) is 2. The number of hydrogen-bond donors (Lipinski definition) is 1. The molecule has 0 fully saturated rings. The van der Waals surface area contributed by atoms with Crippen LogP contribution >= 0.6 is 0 Å². The average Bonchev–Trinajstić information content (AvgIpc) is 2.48. The SMILES string of the molecule is COc1cccc(COC(=O)c2ccc(N)c(F)c2)c1F. The predicted octanol–water partition coefficient (Wildman–Crippen LogP) is 2.91. The largest absolute Gasteiger partial charge is 0.494 e. The van der Waals surface area contributed by atoms with E-state index in [-0.39, 0.29) is 29.2 Å². The van der Waals surface area contributed by atoms with Crippen LogP contribution in [0.3, 0.4) is 0 Å². The molecule has 6 heteroatoms. The van der Waals surface area contributed by atoms with Crippen molar-refractivity contribution >= 4 is 11.7 Å². The van der Waals surface area contributed by atoms with E-state index in [1.54, 1.807) is 6.07 Å². The van der Waals surface area contributed by atoms with Gasteiger partial charge in [0.1, 0.15) is 12.4 Å². The van der Waals surface area contributed by atoms with E-state index in [1.807, 2.05) is 0 Å². The molecule has 110 valence electrons. The van der Waals surface area contributed by atoms with E-state index in [1.165, 1.54) is 31.4 Å². The summed E-state index contributed by atoms with van der Waals surface area (Å²) >= 11 is 0. The standard InChI is InChI=1S/C15H13F2NO3/c1-20-13-4-2-3-10(14(13)17)8-21-15(19)9-5-6-12(18)11(16)7-9/h2-7H,8,18H2,1H3.